The average Bonchev–Trinajstić information content (AvgIpc) is 2.49. The zero-order valence-corrected chi connectivity index (χ0v) is 13.6. The lowest BCUT2D eigenvalue weighted by Crippen LogP contribution is -2.07. The molecule has 2 aromatic rings. The summed E-state index contributed by atoms with van der Waals surface area (Å²) in [5.74, 6) is 1.45. The lowest BCUT2D eigenvalue weighted by atomic mass is 10.1. The molecule has 1 unspecified atom stereocenters. The first kappa shape index (κ1) is 15.8. The molecule has 0 aromatic heterocycles. The van der Waals surface area contributed by atoms with Gasteiger partial charge in [0.25, 0.3) is 0 Å². The molecule has 0 bridgehead atoms. The fraction of sp³-hybridized carbons (Fsp3) is 0.250. The number of methoxy groups -OCH3 is 2. The standard InChI is InChI=1S/C16H17Cl2NO2/c1-10(15-6-11(17)4-5-16(15)18)19-12-7-13(20-2)9-14(8-12)21-3/h4-10,19H,1-3H3. The van der Waals surface area contributed by atoms with Gasteiger partial charge in [0.1, 0.15) is 11.5 Å². The van der Waals surface area contributed by atoms with E-state index in [1.807, 2.05) is 31.2 Å². The molecule has 112 valence electrons. The second-order valence-corrected chi connectivity index (χ2v) is 5.48. The fourth-order valence-corrected chi connectivity index (χ4v) is 2.53. The average molecular weight is 326 g/mol. The van der Waals surface area contributed by atoms with E-state index in [1.165, 1.54) is 0 Å². The smallest absolute Gasteiger partial charge is 0.124 e. The van der Waals surface area contributed by atoms with Gasteiger partial charge >= 0.3 is 0 Å². The van der Waals surface area contributed by atoms with Gasteiger partial charge in [-0.2, -0.15) is 0 Å². The van der Waals surface area contributed by atoms with E-state index in [0.29, 0.717) is 10.0 Å². The summed E-state index contributed by atoms with van der Waals surface area (Å²) in [5.41, 5.74) is 1.82. The van der Waals surface area contributed by atoms with Crippen LogP contribution in [-0.2, 0) is 0 Å². The molecule has 0 saturated heterocycles. The molecule has 0 aliphatic heterocycles. The molecule has 1 atom stereocenters. The highest BCUT2D eigenvalue weighted by molar-refractivity contribution is 6.33. The third kappa shape index (κ3) is 3.96. The normalized spacial score (nSPS) is 11.9. The van der Waals surface area contributed by atoms with Crippen molar-refractivity contribution < 1.29 is 9.47 Å². The van der Waals surface area contributed by atoms with E-state index < -0.39 is 0 Å². The molecule has 2 rings (SSSR count). The zero-order chi connectivity index (χ0) is 15.4. The first-order valence-electron chi connectivity index (χ1n) is 6.48. The number of benzene rings is 2. The van der Waals surface area contributed by atoms with Crippen molar-refractivity contribution in [2.24, 2.45) is 0 Å². The molecule has 0 radical (unpaired) electrons. The first-order valence-corrected chi connectivity index (χ1v) is 7.23. The van der Waals surface area contributed by atoms with E-state index in [0.717, 1.165) is 22.7 Å². The number of halogens is 2. The molecule has 0 saturated carbocycles. The number of rotatable bonds is 5. The molecule has 0 amide bonds. The van der Waals surface area contributed by atoms with Crippen LogP contribution in [-0.4, -0.2) is 14.2 Å². The molecule has 0 aliphatic carbocycles. The van der Waals surface area contributed by atoms with Crippen LogP contribution >= 0.6 is 23.2 Å². The van der Waals surface area contributed by atoms with E-state index in [-0.39, 0.29) is 6.04 Å². The highest BCUT2D eigenvalue weighted by Crippen LogP contribution is 2.31. The first-order chi connectivity index (χ1) is 10.0. The molecule has 0 heterocycles. The van der Waals surface area contributed by atoms with Gasteiger partial charge in [0, 0.05) is 33.9 Å². The number of hydrogen-bond acceptors (Lipinski definition) is 3. The Labute approximate surface area is 134 Å². The van der Waals surface area contributed by atoms with Crippen molar-refractivity contribution in [3.8, 4) is 11.5 Å². The zero-order valence-electron chi connectivity index (χ0n) is 12.1. The molecule has 5 heteroatoms. The quantitative estimate of drug-likeness (QED) is 0.821. The van der Waals surface area contributed by atoms with Crippen LogP contribution in [0.5, 0.6) is 11.5 Å². The summed E-state index contributed by atoms with van der Waals surface area (Å²) in [4.78, 5) is 0. The van der Waals surface area contributed by atoms with Gasteiger partial charge in [-0.15, -0.1) is 0 Å². The van der Waals surface area contributed by atoms with Crippen molar-refractivity contribution in [2.75, 3.05) is 19.5 Å². The highest BCUT2D eigenvalue weighted by Gasteiger charge is 2.11. The molecule has 0 fully saturated rings. The topological polar surface area (TPSA) is 30.5 Å². The van der Waals surface area contributed by atoms with Crippen LogP contribution in [0.3, 0.4) is 0 Å². The van der Waals surface area contributed by atoms with Gasteiger partial charge in [0.2, 0.25) is 0 Å². The molecule has 21 heavy (non-hydrogen) atoms. The van der Waals surface area contributed by atoms with Crippen LogP contribution in [0, 0.1) is 0 Å². The van der Waals surface area contributed by atoms with E-state index >= 15 is 0 Å². The third-order valence-corrected chi connectivity index (χ3v) is 3.74. The van der Waals surface area contributed by atoms with E-state index in [4.69, 9.17) is 32.7 Å². The molecule has 2 aromatic carbocycles. The minimum absolute atomic E-state index is 0.00647. The van der Waals surface area contributed by atoms with Gasteiger partial charge in [0.15, 0.2) is 0 Å². The summed E-state index contributed by atoms with van der Waals surface area (Å²) in [6.07, 6.45) is 0. The summed E-state index contributed by atoms with van der Waals surface area (Å²) in [6, 6.07) is 11.0. The van der Waals surface area contributed by atoms with E-state index in [9.17, 15) is 0 Å². The maximum Gasteiger partial charge on any atom is 0.124 e. The van der Waals surface area contributed by atoms with Gasteiger partial charge in [-0.05, 0) is 30.7 Å². The number of nitrogens with one attached hydrogen (secondary N) is 1. The Hall–Kier alpha value is -1.58. The number of hydrogen-bond donors (Lipinski definition) is 1. The Morgan fingerprint density at radius 3 is 2.14 bits per heavy atom. The predicted molar refractivity (Wildman–Crippen MR) is 88.0 cm³/mol. The molecule has 1 N–H and O–H groups in total. The minimum Gasteiger partial charge on any atom is -0.497 e. The Bertz CT molecular complexity index is 609. The summed E-state index contributed by atoms with van der Waals surface area (Å²) < 4.78 is 10.5. The van der Waals surface area contributed by atoms with Crippen molar-refractivity contribution in [2.45, 2.75) is 13.0 Å². The second kappa shape index (κ2) is 6.92. The van der Waals surface area contributed by atoms with Crippen molar-refractivity contribution in [3.05, 3.63) is 52.0 Å². The molecule has 0 aliphatic rings. The number of ether oxygens (including phenoxy) is 2. The monoisotopic (exact) mass is 325 g/mol. The molecular formula is C16H17Cl2NO2. The highest BCUT2D eigenvalue weighted by atomic mass is 35.5. The Morgan fingerprint density at radius 1 is 0.952 bits per heavy atom. The van der Waals surface area contributed by atoms with Gasteiger partial charge in [-0.25, -0.2) is 0 Å². The largest absolute Gasteiger partial charge is 0.497 e. The maximum atomic E-state index is 6.23. The Morgan fingerprint density at radius 2 is 1.57 bits per heavy atom. The lowest BCUT2D eigenvalue weighted by molar-refractivity contribution is 0.394. The van der Waals surface area contributed by atoms with Crippen molar-refractivity contribution in [3.63, 3.8) is 0 Å². The summed E-state index contributed by atoms with van der Waals surface area (Å²) in [6.45, 7) is 2.02. The third-order valence-electron chi connectivity index (χ3n) is 3.16. The van der Waals surface area contributed by atoms with Crippen LogP contribution < -0.4 is 14.8 Å². The van der Waals surface area contributed by atoms with Crippen molar-refractivity contribution in [1.29, 1.82) is 0 Å². The fourth-order valence-electron chi connectivity index (χ4n) is 2.06. The van der Waals surface area contributed by atoms with Gasteiger partial charge in [-0.3, -0.25) is 0 Å². The predicted octanol–water partition coefficient (Wildman–Crippen LogP) is 5.18. The Kier molecular flexibility index (Phi) is 5.21. The van der Waals surface area contributed by atoms with Crippen LogP contribution in [0.1, 0.15) is 18.5 Å². The van der Waals surface area contributed by atoms with Crippen LogP contribution in [0.2, 0.25) is 10.0 Å². The molecule has 0 spiro atoms. The van der Waals surface area contributed by atoms with E-state index in [2.05, 4.69) is 5.32 Å². The van der Waals surface area contributed by atoms with Crippen LogP contribution in [0.4, 0.5) is 5.69 Å². The molecular weight excluding hydrogens is 309 g/mol. The maximum absolute atomic E-state index is 6.23. The second-order valence-electron chi connectivity index (χ2n) is 4.63. The summed E-state index contributed by atoms with van der Waals surface area (Å²) >= 11 is 12.3. The Balaban J connectivity index is 2.26. The van der Waals surface area contributed by atoms with Crippen LogP contribution in [0.25, 0.3) is 0 Å². The molecule has 3 nitrogen and oxygen atoms in total. The van der Waals surface area contributed by atoms with Gasteiger partial charge in [-0.1, -0.05) is 23.2 Å². The van der Waals surface area contributed by atoms with Gasteiger partial charge < -0.3 is 14.8 Å². The van der Waals surface area contributed by atoms with Gasteiger partial charge in [0.05, 0.1) is 20.3 Å². The minimum atomic E-state index is -0.00647. The summed E-state index contributed by atoms with van der Waals surface area (Å²) in [5, 5.41) is 4.71. The summed E-state index contributed by atoms with van der Waals surface area (Å²) in [7, 11) is 3.24. The van der Waals surface area contributed by atoms with Crippen LogP contribution in [0.15, 0.2) is 36.4 Å². The van der Waals surface area contributed by atoms with Crippen molar-refractivity contribution >= 4 is 28.9 Å². The van der Waals surface area contributed by atoms with Crippen molar-refractivity contribution in [1.82, 2.24) is 0 Å². The number of anilines is 1. The van der Waals surface area contributed by atoms with E-state index in [1.54, 1.807) is 26.4 Å². The lowest BCUT2D eigenvalue weighted by Gasteiger charge is -2.18. The SMILES string of the molecule is COc1cc(NC(C)c2cc(Cl)ccc2Cl)cc(OC)c1.